The van der Waals surface area contributed by atoms with E-state index in [2.05, 4.69) is 27.1 Å². The summed E-state index contributed by atoms with van der Waals surface area (Å²) in [5.74, 6) is 1.51. The van der Waals surface area contributed by atoms with Crippen LogP contribution in [0, 0.1) is 5.92 Å². The molecule has 0 saturated carbocycles. The van der Waals surface area contributed by atoms with Crippen LogP contribution in [0.25, 0.3) is 10.2 Å². The number of hydrogen-bond acceptors (Lipinski definition) is 5. The van der Waals surface area contributed by atoms with Crippen molar-refractivity contribution in [2.24, 2.45) is 5.92 Å². The molecular formula is C22H32N4O2S. The molecule has 7 heteroatoms. The minimum atomic E-state index is -0.0411. The monoisotopic (exact) mass is 416 g/mol. The SMILES string of the molecule is CC1CCN(CCCNC(=O)CCc2nc3sc4c(c3c(=O)[nH]2)CCCC4)CC1. The summed E-state index contributed by atoms with van der Waals surface area (Å²) < 4.78 is 0. The Hall–Kier alpha value is -1.73. The maximum atomic E-state index is 12.6. The maximum Gasteiger partial charge on any atom is 0.259 e. The van der Waals surface area contributed by atoms with Gasteiger partial charge in [0.1, 0.15) is 10.7 Å². The van der Waals surface area contributed by atoms with Gasteiger partial charge in [-0.1, -0.05) is 6.92 Å². The summed E-state index contributed by atoms with van der Waals surface area (Å²) in [5.41, 5.74) is 1.16. The Morgan fingerprint density at radius 1 is 1.28 bits per heavy atom. The topological polar surface area (TPSA) is 78.1 Å². The van der Waals surface area contributed by atoms with Crippen molar-refractivity contribution in [3.8, 4) is 0 Å². The number of fused-ring (bicyclic) bond motifs is 3. The van der Waals surface area contributed by atoms with Crippen molar-refractivity contribution in [2.75, 3.05) is 26.2 Å². The van der Waals surface area contributed by atoms with Crippen molar-refractivity contribution in [1.82, 2.24) is 20.2 Å². The van der Waals surface area contributed by atoms with E-state index in [-0.39, 0.29) is 11.5 Å². The van der Waals surface area contributed by atoms with E-state index in [1.54, 1.807) is 11.3 Å². The van der Waals surface area contributed by atoms with Crippen molar-refractivity contribution >= 4 is 27.5 Å². The van der Waals surface area contributed by atoms with Gasteiger partial charge in [-0.2, -0.15) is 0 Å². The van der Waals surface area contributed by atoms with Crippen molar-refractivity contribution in [2.45, 2.75) is 64.7 Å². The van der Waals surface area contributed by atoms with E-state index in [9.17, 15) is 9.59 Å². The lowest BCUT2D eigenvalue weighted by atomic mass is 9.97. The first kappa shape index (κ1) is 20.5. The third-order valence-corrected chi connectivity index (χ3v) is 7.50. The number of nitrogens with zero attached hydrogens (tertiary/aromatic N) is 2. The Morgan fingerprint density at radius 3 is 2.90 bits per heavy atom. The van der Waals surface area contributed by atoms with Crippen molar-refractivity contribution in [3.63, 3.8) is 0 Å². The van der Waals surface area contributed by atoms with Crippen LogP contribution < -0.4 is 10.9 Å². The molecule has 1 aliphatic heterocycles. The van der Waals surface area contributed by atoms with Crippen LogP contribution in [-0.2, 0) is 24.1 Å². The lowest BCUT2D eigenvalue weighted by molar-refractivity contribution is -0.121. The molecule has 2 N–H and O–H groups in total. The number of aryl methyl sites for hydroxylation is 3. The van der Waals surface area contributed by atoms with Crippen LogP contribution in [0.1, 0.15) is 61.7 Å². The van der Waals surface area contributed by atoms with Crippen molar-refractivity contribution in [3.05, 3.63) is 26.6 Å². The van der Waals surface area contributed by atoms with Crippen LogP contribution in [0.3, 0.4) is 0 Å². The summed E-state index contributed by atoms with van der Waals surface area (Å²) in [5, 5.41) is 3.79. The van der Waals surface area contributed by atoms with Gasteiger partial charge >= 0.3 is 0 Å². The predicted octanol–water partition coefficient (Wildman–Crippen LogP) is 3.03. The third kappa shape index (κ3) is 5.07. The number of hydrogen-bond donors (Lipinski definition) is 2. The van der Waals surface area contributed by atoms with Gasteiger partial charge in [-0.15, -0.1) is 11.3 Å². The van der Waals surface area contributed by atoms with Crippen LogP contribution in [0.5, 0.6) is 0 Å². The Balaban J connectivity index is 1.24. The Bertz CT molecular complexity index is 911. The molecule has 0 atom stereocenters. The van der Waals surface area contributed by atoms with E-state index < -0.39 is 0 Å². The van der Waals surface area contributed by atoms with E-state index in [0.717, 1.165) is 48.4 Å². The first-order valence-electron chi connectivity index (χ1n) is 11.1. The number of thiophene rings is 1. The van der Waals surface area contributed by atoms with Gasteiger partial charge in [0, 0.05) is 24.3 Å². The quantitative estimate of drug-likeness (QED) is 0.680. The van der Waals surface area contributed by atoms with Crippen LogP contribution in [-0.4, -0.2) is 47.0 Å². The highest BCUT2D eigenvalue weighted by atomic mass is 32.1. The van der Waals surface area contributed by atoms with E-state index in [4.69, 9.17) is 0 Å². The predicted molar refractivity (Wildman–Crippen MR) is 118 cm³/mol. The zero-order valence-electron chi connectivity index (χ0n) is 17.4. The normalized spacial score (nSPS) is 18.1. The van der Waals surface area contributed by atoms with Gasteiger partial charge in [0.15, 0.2) is 0 Å². The Morgan fingerprint density at radius 2 is 2.07 bits per heavy atom. The fraction of sp³-hybridized carbons (Fsp3) is 0.682. The number of piperidine rings is 1. The molecule has 0 unspecified atom stereocenters. The average molecular weight is 417 g/mol. The summed E-state index contributed by atoms with van der Waals surface area (Å²) in [6, 6.07) is 0. The molecule has 2 aromatic heterocycles. The molecule has 3 heterocycles. The molecule has 158 valence electrons. The van der Waals surface area contributed by atoms with Crippen LogP contribution in [0.15, 0.2) is 4.79 Å². The third-order valence-electron chi connectivity index (χ3n) is 6.31. The van der Waals surface area contributed by atoms with E-state index in [1.807, 2.05) is 0 Å². The van der Waals surface area contributed by atoms with Gasteiger partial charge in [0.05, 0.1) is 5.39 Å². The van der Waals surface area contributed by atoms with Gasteiger partial charge in [-0.05, 0) is 76.1 Å². The van der Waals surface area contributed by atoms with Crippen LogP contribution in [0.4, 0.5) is 0 Å². The fourth-order valence-corrected chi connectivity index (χ4v) is 5.74. The summed E-state index contributed by atoms with van der Waals surface area (Å²) in [7, 11) is 0. The number of rotatable bonds is 7. The number of carbonyl (C=O) groups excluding carboxylic acids is 1. The first-order valence-corrected chi connectivity index (χ1v) is 11.9. The molecule has 6 nitrogen and oxygen atoms in total. The minimum Gasteiger partial charge on any atom is -0.356 e. The highest BCUT2D eigenvalue weighted by Gasteiger charge is 2.20. The highest BCUT2D eigenvalue weighted by molar-refractivity contribution is 7.18. The number of nitrogens with one attached hydrogen (secondary N) is 2. The molecule has 0 spiro atoms. The fourth-order valence-electron chi connectivity index (χ4n) is 4.46. The number of likely N-dealkylation sites (tertiary alicyclic amines) is 1. The first-order chi connectivity index (χ1) is 14.1. The largest absolute Gasteiger partial charge is 0.356 e. The average Bonchev–Trinajstić information content (AvgIpc) is 3.10. The number of H-pyrrole nitrogens is 1. The minimum absolute atomic E-state index is 0.0329. The van der Waals surface area contributed by atoms with E-state index >= 15 is 0 Å². The van der Waals surface area contributed by atoms with Gasteiger partial charge in [-0.3, -0.25) is 9.59 Å². The molecule has 1 saturated heterocycles. The molecule has 2 aliphatic rings. The zero-order valence-corrected chi connectivity index (χ0v) is 18.2. The standard InChI is InChI=1S/C22H32N4O2S/c1-15-9-13-26(14-10-15)12-4-11-23-19(27)8-7-18-24-21(28)20-16-5-2-3-6-17(16)29-22(20)25-18/h15H,2-14H2,1H3,(H,23,27)(H,24,25,28). The molecule has 4 rings (SSSR count). The highest BCUT2D eigenvalue weighted by Crippen LogP contribution is 2.33. The molecular weight excluding hydrogens is 384 g/mol. The van der Waals surface area contributed by atoms with Gasteiger partial charge in [0.2, 0.25) is 5.91 Å². The number of aromatic nitrogens is 2. The number of aromatic amines is 1. The number of amides is 1. The molecule has 2 aromatic rings. The summed E-state index contributed by atoms with van der Waals surface area (Å²) in [4.78, 5) is 37.0. The zero-order chi connectivity index (χ0) is 20.2. The number of carbonyl (C=O) groups is 1. The van der Waals surface area contributed by atoms with Crippen molar-refractivity contribution in [1.29, 1.82) is 0 Å². The molecule has 0 bridgehead atoms. The second-order valence-corrected chi connectivity index (χ2v) is 9.71. The summed E-state index contributed by atoms with van der Waals surface area (Å²) in [6.45, 7) is 6.46. The maximum absolute atomic E-state index is 12.6. The second-order valence-electron chi connectivity index (χ2n) is 8.63. The Kier molecular flexibility index (Phi) is 6.65. The van der Waals surface area contributed by atoms with Gasteiger partial charge < -0.3 is 15.2 Å². The Labute approximate surface area is 176 Å². The molecule has 1 amide bonds. The van der Waals surface area contributed by atoms with Crippen molar-refractivity contribution < 1.29 is 4.79 Å². The second kappa shape index (κ2) is 9.39. The van der Waals surface area contributed by atoms with E-state index in [1.165, 1.54) is 42.8 Å². The molecule has 1 aliphatic carbocycles. The van der Waals surface area contributed by atoms with Crippen LogP contribution >= 0.6 is 11.3 Å². The molecule has 29 heavy (non-hydrogen) atoms. The van der Waals surface area contributed by atoms with Crippen LogP contribution in [0.2, 0.25) is 0 Å². The van der Waals surface area contributed by atoms with Gasteiger partial charge in [0.25, 0.3) is 5.56 Å². The molecule has 0 aromatic carbocycles. The smallest absolute Gasteiger partial charge is 0.259 e. The summed E-state index contributed by atoms with van der Waals surface area (Å²) >= 11 is 1.66. The van der Waals surface area contributed by atoms with E-state index in [0.29, 0.717) is 25.2 Å². The lowest BCUT2D eigenvalue weighted by Crippen LogP contribution is -2.35. The lowest BCUT2D eigenvalue weighted by Gasteiger charge is -2.30. The summed E-state index contributed by atoms with van der Waals surface area (Å²) in [6.07, 6.45) is 8.79. The molecule has 1 fully saturated rings. The molecule has 0 radical (unpaired) electrons. The van der Waals surface area contributed by atoms with Gasteiger partial charge in [-0.25, -0.2) is 4.98 Å².